The van der Waals surface area contributed by atoms with Gasteiger partial charge in [-0.25, -0.2) is 13.2 Å². The molecule has 1 aromatic carbocycles. The van der Waals surface area contributed by atoms with Gasteiger partial charge in [0.25, 0.3) is 6.43 Å². The third-order valence-electron chi connectivity index (χ3n) is 3.32. The molecule has 1 heterocycles. The highest BCUT2D eigenvalue weighted by molar-refractivity contribution is 5.85. The number of halogens is 5. The van der Waals surface area contributed by atoms with Gasteiger partial charge in [-0.2, -0.15) is 0 Å². The minimum atomic E-state index is -2.64. The zero-order valence-corrected chi connectivity index (χ0v) is 13.2. The highest BCUT2D eigenvalue weighted by Gasteiger charge is 2.32. The van der Waals surface area contributed by atoms with Gasteiger partial charge in [0.1, 0.15) is 0 Å². The summed E-state index contributed by atoms with van der Waals surface area (Å²) in [6.45, 7) is 2.22. The first-order valence-corrected chi connectivity index (χ1v) is 6.20. The van der Waals surface area contributed by atoms with E-state index in [2.05, 4.69) is 5.32 Å². The zero-order valence-electron chi connectivity index (χ0n) is 11.5. The molecule has 1 saturated heterocycles. The Hall–Kier alpha value is -0.690. The van der Waals surface area contributed by atoms with Crippen molar-refractivity contribution < 1.29 is 17.9 Å². The number of rotatable bonds is 4. The monoisotopic (exact) mass is 346 g/mol. The van der Waals surface area contributed by atoms with Crippen LogP contribution in [-0.4, -0.2) is 44.6 Å². The summed E-state index contributed by atoms with van der Waals surface area (Å²) in [7, 11) is 1.32. The molecule has 0 unspecified atom stereocenters. The Balaban J connectivity index is 0.00000200. The lowest BCUT2D eigenvalue weighted by molar-refractivity contribution is 0.0162. The molecule has 0 saturated carbocycles. The Kier molecular flexibility index (Phi) is 9.04. The van der Waals surface area contributed by atoms with Crippen molar-refractivity contribution >= 4 is 24.8 Å². The van der Waals surface area contributed by atoms with E-state index < -0.39 is 18.3 Å². The highest BCUT2D eigenvalue weighted by Crippen LogP contribution is 2.33. The minimum Gasteiger partial charge on any atom is -0.494 e. The van der Waals surface area contributed by atoms with Crippen LogP contribution in [-0.2, 0) is 0 Å². The summed E-state index contributed by atoms with van der Waals surface area (Å²) in [6.07, 6.45) is -2.64. The first kappa shape index (κ1) is 20.3. The van der Waals surface area contributed by atoms with E-state index in [1.165, 1.54) is 25.3 Å². The maximum Gasteiger partial charge on any atom is 0.258 e. The largest absolute Gasteiger partial charge is 0.494 e. The molecule has 1 aromatic rings. The lowest BCUT2D eigenvalue weighted by Gasteiger charge is -2.34. The molecule has 1 fully saturated rings. The summed E-state index contributed by atoms with van der Waals surface area (Å²) in [5.41, 5.74) is -0.00347. The van der Waals surface area contributed by atoms with E-state index in [9.17, 15) is 13.2 Å². The molecule has 0 aliphatic carbocycles. The van der Waals surface area contributed by atoms with Gasteiger partial charge in [0.2, 0.25) is 0 Å². The second kappa shape index (κ2) is 9.35. The Morgan fingerprint density at radius 3 is 2.33 bits per heavy atom. The maximum atomic E-state index is 14.1. The number of hydrogen-bond donors (Lipinski definition) is 1. The molecule has 1 atom stereocenters. The van der Waals surface area contributed by atoms with Crippen molar-refractivity contribution in [3.63, 3.8) is 0 Å². The molecule has 0 radical (unpaired) electrons. The fraction of sp³-hybridized carbons (Fsp3) is 0.538. The summed E-state index contributed by atoms with van der Waals surface area (Å²) >= 11 is 0. The van der Waals surface area contributed by atoms with Gasteiger partial charge in [-0.05, 0) is 6.07 Å². The first-order chi connectivity index (χ1) is 9.15. The second-order valence-electron chi connectivity index (χ2n) is 4.43. The van der Waals surface area contributed by atoms with E-state index in [0.29, 0.717) is 26.2 Å². The molecule has 8 heteroatoms. The van der Waals surface area contributed by atoms with Crippen LogP contribution >= 0.6 is 24.8 Å². The molecule has 122 valence electrons. The van der Waals surface area contributed by atoms with Crippen LogP contribution in [0.25, 0.3) is 0 Å². The predicted molar refractivity (Wildman–Crippen MR) is 80.6 cm³/mol. The molecule has 0 aromatic heterocycles. The maximum absolute atomic E-state index is 14.1. The number of methoxy groups -OCH3 is 1. The van der Waals surface area contributed by atoms with Crippen LogP contribution in [0.15, 0.2) is 18.2 Å². The van der Waals surface area contributed by atoms with Crippen molar-refractivity contribution in [3.8, 4) is 5.75 Å². The molecule has 1 aliphatic heterocycles. The summed E-state index contributed by atoms with van der Waals surface area (Å²) in [4.78, 5) is 1.61. The summed E-state index contributed by atoms with van der Waals surface area (Å²) < 4.78 is 45.6. The molecular weight excluding hydrogens is 328 g/mol. The van der Waals surface area contributed by atoms with Crippen LogP contribution in [0.5, 0.6) is 5.75 Å². The number of benzene rings is 1. The van der Waals surface area contributed by atoms with Crippen molar-refractivity contribution in [3.05, 3.63) is 29.6 Å². The van der Waals surface area contributed by atoms with Crippen LogP contribution in [0.4, 0.5) is 13.2 Å². The predicted octanol–water partition coefficient (Wildman–Crippen LogP) is 2.89. The molecule has 1 N–H and O–H groups in total. The van der Waals surface area contributed by atoms with Crippen molar-refractivity contribution in [1.82, 2.24) is 10.2 Å². The lowest BCUT2D eigenvalue weighted by Crippen LogP contribution is -2.47. The third kappa shape index (κ3) is 4.64. The standard InChI is InChI=1S/C13H17F3N2O.2ClH/c1-19-10-4-2-3-9(11(10)14)12(13(15)16)18-7-5-17-6-8-18;;/h2-4,12-13,17H,5-8H2,1H3;2*1H/t12-;;/m1../s1. The fourth-order valence-corrected chi connectivity index (χ4v) is 2.37. The van der Waals surface area contributed by atoms with Gasteiger partial charge in [0, 0.05) is 31.7 Å². The summed E-state index contributed by atoms with van der Waals surface area (Å²) in [6, 6.07) is 3.14. The quantitative estimate of drug-likeness (QED) is 0.907. The van der Waals surface area contributed by atoms with Gasteiger partial charge >= 0.3 is 0 Å². The molecule has 0 bridgehead atoms. The normalized spacial score (nSPS) is 16.8. The summed E-state index contributed by atoms with van der Waals surface area (Å²) in [5.74, 6) is -0.702. The third-order valence-corrected chi connectivity index (χ3v) is 3.32. The summed E-state index contributed by atoms with van der Waals surface area (Å²) in [5, 5.41) is 3.09. The number of alkyl halides is 2. The average Bonchev–Trinajstić information content (AvgIpc) is 2.42. The van der Waals surface area contributed by atoms with Crippen molar-refractivity contribution in [1.29, 1.82) is 0 Å². The molecule has 3 nitrogen and oxygen atoms in total. The van der Waals surface area contributed by atoms with Gasteiger partial charge in [0.05, 0.1) is 13.2 Å². The number of nitrogens with one attached hydrogen (secondary N) is 1. The van der Waals surface area contributed by atoms with E-state index in [1.54, 1.807) is 4.90 Å². The molecular formula is C13H19Cl2F3N2O. The minimum absolute atomic E-state index is 0. The van der Waals surface area contributed by atoms with E-state index in [-0.39, 0.29) is 36.1 Å². The average molecular weight is 347 g/mol. The molecule has 1 aliphatic rings. The molecule has 2 rings (SSSR count). The molecule has 0 spiro atoms. The Morgan fingerprint density at radius 1 is 1.19 bits per heavy atom. The van der Waals surface area contributed by atoms with Gasteiger partial charge in [-0.15, -0.1) is 24.8 Å². The number of ether oxygens (including phenoxy) is 1. The topological polar surface area (TPSA) is 24.5 Å². The van der Waals surface area contributed by atoms with Crippen LogP contribution in [0.2, 0.25) is 0 Å². The Labute approximate surface area is 134 Å². The van der Waals surface area contributed by atoms with E-state index in [1.807, 2.05) is 0 Å². The number of hydrogen-bond acceptors (Lipinski definition) is 3. The van der Waals surface area contributed by atoms with E-state index in [0.717, 1.165) is 0 Å². The number of nitrogens with zero attached hydrogens (tertiary/aromatic N) is 1. The second-order valence-corrected chi connectivity index (χ2v) is 4.43. The molecule has 21 heavy (non-hydrogen) atoms. The van der Waals surface area contributed by atoms with Crippen LogP contribution in [0, 0.1) is 5.82 Å². The van der Waals surface area contributed by atoms with Crippen molar-refractivity contribution in [2.24, 2.45) is 0 Å². The van der Waals surface area contributed by atoms with Crippen LogP contribution in [0.1, 0.15) is 11.6 Å². The molecule has 0 amide bonds. The zero-order chi connectivity index (χ0) is 13.8. The smallest absolute Gasteiger partial charge is 0.258 e. The van der Waals surface area contributed by atoms with Gasteiger partial charge in [0.15, 0.2) is 11.6 Å². The fourth-order valence-electron chi connectivity index (χ4n) is 2.37. The Bertz CT molecular complexity index is 432. The van der Waals surface area contributed by atoms with Gasteiger partial charge in [-0.1, -0.05) is 12.1 Å². The van der Waals surface area contributed by atoms with Gasteiger partial charge in [-0.3, -0.25) is 4.90 Å². The SMILES string of the molecule is COc1cccc([C@H](C(F)F)N2CCNCC2)c1F.Cl.Cl. The Morgan fingerprint density at radius 2 is 1.81 bits per heavy atom. The van der Waals surface area contributed by atoms with E-state index in [4.69, 9.17) is 4.74 Å². The van der Waals surface area contributed by atoms with Crippen molar-refractivity contribution in [2.45, 2.75) is 12.5 Å². The number of piperazine rings is 1. The lowest BCUT2D eigenvalue weighted by atomic mass is 10.0. The van der Waals surface area contributed by atoms with Crippen molar-refractivity contribution in [2.75, 3.05) is 33.3 Å². The van der Waals surface area contributed by atoms with Gasteiger partial charge < -0.3 is 10.1 Å². The van der Waals surface area contributed by atoms with Crippen LogP contribution < -0.4 is 10.1 Å². The van der Waals surface area contributed by atoms with E-state index >= 15 is 0 Å². The van der Waals surface area contributed by atoms with Crippen LogP contribution in [0.3, 0.4) is 0 Å². The first-order valence-electron chi connectivity index (χ1n) is 6.20. The highest BCUT2D eigenvalue weighted by atomic mass is 35.5.